The predicted molar refractivity (Wildman–Crippen MR) is 49.6 cm³/mol. The van der Waals surface area contributed by atoms with Crippen LogP contribution in [0.15, 0.2) is 12.2 Å². The Bertz CT molecular complexity index is 190. The first kappa shape index (κ1) is 13.1. The summed E-state index contributed by atoms with van der Waals surface area (Å²) in [5.74, 6) is -0.582. The van der Waals surface area contributed by atoms with E-state index in [1.165, 1.54) is 14.0 Å². The van der Waals surface area contributed by atoms with Gasteiger partial charge in [-0.05, 0) is 6.92 Å². The van der Waals surface area contributed by atoms with Gasteiger partial charge in [-0.25, -0.2) is 4.79 Å². The highest BCUT2D eigenvalue weighted by molar-refractivity contribution is 5.86. The third-order valence-electron chi connectivity index (χ3n) is 1.33. The number of rotatable bonds is 7. The average molecular weight is 204 g/mol. The Kier molecular flexibility index (Phi) is 7.00. The first-order chi connectivity index (χ1) is 6.61. The van der Waals surface area contributed by atoms with Crippen LogP contribution in [0.5, 0.6) is 0 Å². The van der Waals surface area contributed by atoms with E-state index in [0.717, 1.165) is 0 Å². The molecule has 0 aliphatic rings. The number of aliphatic hydroxyl groups excluding tert-OH is 1. The van der Waals surface area contributed by atoms with Crippen LogP contribution >= 0.6 is 0 Å². The second-order valence-corrected chi connectivity index (χ2v) is 2.66. The monoisotopic (exact) mass is 204 g/mol. The van der Waals surface area contributed by atoms with Crippen LogP contribution in [-0.2, 0) is 19.0 Å². The Morgan fingerprint density at radius 2 is 2.14 bits per heavy atom. The first-order valence-electron chi connectivity index (χ1n) is 4.19. The third kappa shape index (κ3) is 5.69. The molecule has 14 heavy (non-hydrogen) atoms. The smallest absolute Gasteiger partial charge is 0.335 e. The van der Waals surface area contributed by atoms with Crippen LogP contribution in [0.25, 0.3) is 0 Å². The fourth-order valence-corrected chi connectivity index (χ4v) is 0.607. The Hall–Kier alpha value is -0.910. The molecular weight excluding hydrogens is 188 g/mol. The molecule has 0 saturated heterocycles. The van der Waals surface area contributed by atoms with E-state index >= 15 is 0 Å². The second-order valence-electron chi connectivity index (χ2n) is 2.66. The van der Waals surface area contributed by atoms with Crippen LogP contribution in [0.3, 0.4) is 0 Å². The summed E-state index contributed by atoms with van der Waals surface area (Å²) >= 11 is 0. The minimum Gasteiger partial charge on any atom is -0.430 e. The lowest BCUT2D eigenvalue weighted by Crippen LogP contribution is -2.26. The molecule has 0 rings (SSSR count). The molecule has 0 aliphatic carbocycles. The molecule has 0 amide bonds. The van der Waals surface area contributed by atoms with Crippen LogP contribution in [-0.4, -0.2) is 44.3 Å². The summed E-state index contributed by atoms with van der Waals surface area (Å²) in [7, 11) is 1.53. The van der Waals surface area contributed by atoms with Crippen LogP contribution in [0, 0.1) is 0 Å². The van der Waals surface area contributed by atoms with Gasteiger partial charge >= 0.3 is 5.97 Å². The van der Waals surface area contributed by atoms with Gasteiger partial charge in [-0.15, -0.1) is 0 Å². The van der Waals surface area contributed by atoms with Crippen LogP contribution < -0.4 is 0 Å². The Labute approximate surface area is 83.3 Å². The Balaban J connectivity index is 3.78. The molecule has 1 atom stereocenters. The maximum Gasteiger partial charge on any atom is 0.335 e. The largest absolute Gasteiger partial charge is 0.430 e. The summed E-state index contributed by atoms with van der Waals surface area (Å²) in [4.78, 5) is 11.0. The van der Waals surface area contributed by atoms with E-state index in [2.05, 4.69) is 6.58 Å². The SMILES string of the molecule is C=C(C)C(=O)OC(CO)OCCOC. The average Bonchev–Trinajstić information content (AvgIpc) is 2.16. The summed E-state index contributed by atoms with van der Waals surface area (Å²) in [5.41, 5.74) is 0.263. The number of esters is 1. The van der Waals surface area contributed by atoms with Crippen molar-refractivity contribution in [3.63, 3.8) is 0 Å². The van der Waals surface area contributed by atoms with Crippen LogP contribution in [0.4, 0.5) is 0 Å². The Morgan fingerprint density at radius 1 is 1.50 bits per heavy atom. The molecule has 5 heteroatoms. The summed E-state index contributed by atoms with van der Waals surface area (Å²) < 4.78 is 14.5. The zero-order chi connectivity index (χ0) is 11.0. The number of carbonyl (C=O) groups excluding carboxylic acids is 1. The van der Waals surface area contributed by atoms with Gasteiger partial charge in [0.05, 0.1) is 13.2 Å². The van der Waals surface area contributed by atoms with Crippen molar-refractivity contribution in [1.82, 2.24) is 0 Å². The van der Waals surface area contributed by atoms with Gasteiger partial charge < -0.3 is 19.3 Å². The standard InChI is InChI=1S/C9H16O5/c1-7(2)9(11)14-8(6-10)13-5-4-12-3/h8,10H,1,4-6H2,2-3H3. The molecule has 0 aromatic heterocycles. The van der Waals surface area contributed by atoms with Gasteiger partial charge in [0.15, 0.2) is 0 Å². The molecule has 0 aromatic rings. The van der Waals surface area contributed by atoms with Crippen molar-refractivity contribution in [2.75, 3.05) is 26.9 Å². The van der Waals surface area contributed by atoms with Gasteiger partial charge in [0.25, 0.3) is 0 Å². The van der Waals surface area contributed by atoms with Crippen molar-refractivity contribution < 1.29 is 24.1 Å². The normalized spacial score (nSPS) is 12.2. The molecule has 0 bridgehead atoms. The van der Waals surface area contributed by atoms with Crippen molar-refractivity contribution in [2.45, 2.75) is 13.2 Å². The molecule has 1 unspecified atom stereocenters. The quantitative estimate of drug-likeness (QED) is 0.275. The fraction of sp³-hybridized carbons (Fsp3) is 0.667. The lowest BCUT2D eigenvalue weighted by atomic mass is 10.4. The zero-order valence-electron chi connectivity index (χ0n) is 8.49. The molecule has 0 heterocycles. The van der Waals surface area contributed by atoms with E-state index in [0.29, 0.717) is 6.61 Å². The molecule has 0 aromatic carbocycles. The molecular formula is C9H16O5. The highest BCUT2D eigenvalue weighted by atomic mass is 16.7. The molecule has 0 spiro atoms. The molecule has 82 valence electrons. The summed E-state index contributed by atoms with van der Waals surface area (Å²) in [5, 5.41) is 8.78. The van der Waals surface area contributed by atoms with E-state index in [9.17, 15) is 4.79 Å². The van der Waals surface area contributed by atoms with Gasteiger partial charge in [-0.1, -0.05) is 6.58 Å². The van der Waals surface area contributed by atoms with Gasteiger partial charge in [0, 0.05) is 12.7 Å². The lowest BCUT2D eigenvalue weighted by Gasteiger charge is -2.15. The van der Waals surface area contributed by atoms with E-state index in [1.54, 1.807) is 0 Å². The highest BCUT2D eigenvalue weighted by Gasteiger charge is 2.13. The first-order valence-corrected chi connectivity index (χ1v) is 4.19. The maximum atomic E-state index is 11.0. The van der Waals surface area contributed by atoms with Gasteiger partial charge in [-0.2, -0.15) is 0 Å². The fourth-order valence-electron chi connectivity index (χ4n) is 0.607. The molecule has 0 fully saturated rings. The van der Waals surface area contributed by atoms with Crippen molar-refractivity contribution >= 4 is 5.97 Å². The molecule has 0 aliphatic heterocycles. The summed E-state index contributed by atoms with van der Waals surface area (Å²) in [6, 6.07) is 0. The number of carbonyl (C=O) groups is 1. The van der Waals surface area contributed by atoms with Crippen molar-refractivity contribution in [3.05, 3.63) is 12.2 Å². The molecule has 0 radical (unpaired) electrons. The van der Waals surface area contributed by atoms with Gasteiger partial charge in [0.2, 0.25) is 6.29 Å². The molecule has 5 nitrogen and oxygen atoms in total. The number of aliphatic hydroxyl groups is 1. The summed E-state index contributed by atoms with van der Waals surface area (Å²) in [6.45, 7) is 5.17. The lowest BCUT2D eigenvalue weighted by molar-refractivity contribution is -0.184. The van der Waals surface area contributed by atoms with E-state index in [4.69, 9.17) is 19.3 Å². The number of hydrogen-bond acceptors (Lipinski definition) is 5. The maximum absolute atomic E-state index is 11.0. The van der Waals surface area contributed by atoms with E-state index in [-0.39, 0.29) is 18.8 Å². The Morgan fingerprint density at radius 3 is 2.57 bits per heavy atom. The predicted octanol–water partition coefficient (Wildman–Crippen LogP) is 0.0871. The van der Waals surface area contributed by atoms with Gasteiger partial charge in [0.1, 0.15) is 6.61 Å². The van der Waals surface area contributed by atoms with Crippen molar-refractivity contribution in [3.8, 4) is 0 Å². The topological polar surface area (TPSA) is 65.0 Å². The number of ether oxygens (including phenoxy) is 3. The zero-order valence-corrected chi connectivity index (χ0v) is 8.49. The number of hydrogen-bond donors (Lipinski definition) is 1. The van der Waals surface area contributed by atoms with Crippen molar-refractivity contribution in [1.29, 1.82) is 0 Å². The number of methoxy groups -OCH3 is 1. The van der Waals surface area contributed by atoms with Crippen LogP contribution in [0.1, 0.15) is 6.92 Å². The second kappa shape index (κ2) is 7.49. The van der Waals surface area contributed by atoms with Gasteiger partial charge in [-0.3, -0.25) is 0 Å². The van der Waals surface area contributed by atoms with E-state index < -0.39 is 12.3 Å². The molecule has 1 N–H and O–H groups in total. The summed E-state index contributed by atoms with van der Waals surface area (Å²) in [6.07, 6.45) is -0.950. The molecule has 0 saturated carbocycles. The van der Waals surface area contributed by atoms with Crippen LogP contribution in [0.2, 0.25) is 0 Å². The minimum atomic E-state index is -0.950. The van der Waals surface area contributed by atoms with Crippen molar-refractivity contribution in [2.24, 2.45) is 0 Å². The highest BCUT2D eigenvalue weighted by Crippen LogP contribution is 1.99. The third-order valence-corrected chi connectivity index (χ3v) is 1.33. The van der Waals surface area contributed by atoms with E-state index in [1.807, 2.05) is 0 Å². The minimum absolute atomic E-state index is 0.255.